The Labute approximate surface area is 99.1 Å². The average molecular weight is 234 g/mol. The Kier molecular flexibility index (Phi) is 2.40. The lowest BCUT2D eigenvalue weighted by atomic mass is 10.1. The molecule has 3 nitrogen and oxygen atoms in total. The molecule has 1 aliphatic rings. The Bertz CT molecular complexity index is 495. The summed E-state index contributed by atoms with van der Waals surface area (Å²) in [4.78, 5) is 4.29. The lowest BCUT2D eigenvalue weighted by molar-refractivity contribution is 0.487. The Hall–Kier alpha value is -1.35. The molecule has 0 unspecified atom stereocenters. The first kappa shape index (κ1) is 9.85. The molecule has 0 amide bonds. The molecule has 1 aliphatic heterocycles. The lowest BCUT2D eigenvalue weighted by Crippen LogP contribution is -2.10. The molecule has 0 N–H and O–H groups in total. The third-order valence-corrected chi connectivity index (χ3v) is 3.14. The Morgan fingerprint density at radius 2 is 2.12 bits per heavy atom. The summed E-state index contributed by atoms with van der Waals surface area (Å²) in [5.74, 6) is 0. The van der Waals surface area contributed by atoms with Crippen molar-refractivity contribution in [1.82, 2.24) is 14.8 Å². The van der Waals surface area contributed by atoms with Gasteiger partial charge in [0.05, 0.1) is 5.69 Å². The van der Waals surface area contributed by atoms with Crippen LogP contribution in [0.25, 0.3) is 11.4 Å². The summed E-state index contributed by atoms with van der Waals surface area (Å²) < 4.78 is 2.08. The van der Waals surface area contributed by atoms with Crippen LogP contribution < -0.4 is 0 Å². The Morgan fingerprint density at radius 3 is 2.94 bits per heavy atom. The summed E-state index contributed by atoms with van der Waals surface area (Å²) in [6.45, 7) is 1.02. The molecule has 0 saturated carbocycles. The van der Waals surface area contributed by atoms with Crippen LogP contribution in [0.15, 0.2) is 24.4 Å². The third kappa shape index (κ3) is 1.71. The van der Waals surface area contributed by atoms with Crippen molar-refractivity contribution in [3.8, 4) is 11.4 Å². The number of rotatable bonds is 1. The Balaban J connectivity index is 2.03. The van der Waals surface area contributed by atoms with Gasteiger partial charge < -0.3 is 0 Å². The molecule has 0 atom stereocenters. The molecular formula is C12H12ClN3. The van der Waals surface area contributed by atoms with Crippen molar-refractivity contribution in [3.05, 3.63) is 35.1 Å². The van der Waals surface area contributed by atoms with Crippen LogP contribution in [0.5, 0.6) is 0 Å². The van der Waals surface area contributed by atoms with Crippen molar-refractivity contribution in [2.45, 2.75) is 25.8 Å². The van der Waals surface area contributed by atoms with E-state index in [4.69, 9.17) is 11.6 Å². The van der Waals surface area contributed by atoms with E-state index in [0.29, 0.717) is 5.02 Å². The van der Waals surface area contributed by atoms with Gasteiger partial charge in [0.2, 0.25) is 0 Å². The van der Waals surface area contributed by atoms with Gasteiger partial charge in [0, 0.05) is 23.5 Å². The minimum atomic E-state index is 0.705. The zero-order valence-electron chi connectivity index (χ0n) is 8.86. The molecule has 4 heteroatoms. The second-order valence-corrected chi connectivity index (χ2v) is 4.50. The van der Waals surface area contributed by atoms with Crippen molar-refractivity contribution in [2.24, 2.45) is 0 Å². The van der Waals surface area contributed by atoms with Crippen molar-refractivity contribution in [3.63, 3.8) is 0 Å². The number of hydrogen-bond donors (Lipinski definition) is 0. The van der Waals surface area contributed by atoms with Crippen molar-refractivity contribution < 1.29 is 0 Å². The number of aromatic nitrogens is 3. The van der Waals surface area contributed by atoms with Crippen LogP contribution in [0, 0.1) is 0 Å². The van der Waals surface area contributed by atoms with Gasteiger partial charge in [0.25, 0.3) is 0 Å². The fraction of sp³-hybridized carbons (Fsp3) is 0.333. The molecule has 0 bridgehead atoms. The monoisotopic (exact) mass is 233 g/mol. The van der Waals surface area contributed by atoms with Crippen LogP contribution in [0.3, 0.4) is 0 Å². The van der Waals surface area contributed by atoms with E-state index in [1.807, 2.05) is 6.07 Å². The van der Waals surface area contributed by atoms with E-state index in [1.54, 1.807) is 12.3 Å². The van der Waals surface area contributed by atoms with Gasteiger partial charge in [-0.2, -0.15) is 5.10 Å². The largest absolute Gasteiger partial charge is 0.269 e. The zero-order chi connectivity index (χ0) is 11.0. The number of pyridine rings is 1. The van der Waals surface area contributed by atoms with Gasteiger partial charge in [-0.05, 0) is 37.5 Å². The van der Waals surface area contributed by atoms with E-state index >= 15 is 0 Å². The fourth-order valence-electron chi connectivity index (χ4n) is 2.09. The predicted molar refractivity (Wildman–Crippen MR) is 63.4 cm³/mol. The van der Waals surface area contributed by atoms with E-state index in [-0.39, 0.29) is 0 Å². The van der Waals surface area contributed by atoms with E-state index in [0.717, 1.165) is 24.4 Å². The van der Waals surface area contributed by atoms with Gasteiger partial charge in [0.1, 0.15) is 5.69 Å². The third-order valence-electron chi connectivity index (χ3n) is 2.90. The highest BCUT2D eigenvalue weighted by atomic mass is 35.5. The number of halogens is 1. The molecular weight excluding hydrogens is 222 g/mol. The van der Waals surface area contributed by atoms with Crippen molar-refractivity contribution >= 4 is 11.6 Å². The molecule has 82 valence electrons. The minimum Gasteiger partial charge on any atom is -0.269 e. The molecule has 0 aliphatic carbocycles. The van der Waals surface area contributed by atoms with Gasteiger partial charge in [-0.3, -0.25) is 9.67 Å². The van der Waals surface area contributed by atoms with Crippen LogP contribution in [-0.4, -0.2) is 14.8 Å². The number of aryl methyl sites for hydroxylation is 2. The van der Waals surface area contributed by atoms with Crippen LogP contribution in [0.2, 0.25) is 5.02 Å². The SMILES string of the molecule is Clc1ccnc(-c2cc3n(n2)CCCC3)c1. The number of hydrogen-bond acceptors (Lipinski definition) is 2. The average Bonchev–Trinajstić information content (AvgIpc) is 2.72. The summed E-state index contributed by atoms with van der Waals surface area (Å²) in [6.07, 6.45) is 5.31. The summed E-state index contributed by atoms with van der Waals surface area (Å²) in [5, 5.41) is 5.26. The number of nitrogens with zero attached hydrogens (tertiary/aromatic N) is 3. The standard InChI is InChI=1S/C12H12ClN3/c13-9-4-5-14-11(7-9)12-8-10-3-1-2-6-16(10)15-12/h4-5,7-8H,1-3,6H2. The first-order valence-electron chi connectivity index (χ1n) is 5.51. The summed E-state index contributed by atoms with van der Waals surface area (Å²) in [7, 11) is 0. The first-order chi connectivity index (χ1) is 7.83. The summed E-state index contributed by atoms with van der Waals surface area (Å²) >= 11 is 5.95. The molecule has 2 aromatic rings. The van der Waals surface area contributed by atoms with E-state index < -0.39 is 0 Å². The second-order valence-electron chi connectivity index (χ2n) is 4.06. The zero-order valence-corrected chi connectivity index (χ0v) is 9.61. The van der Waals surface area contributed by atoms with Crippen LogP contribution >= 0.6 is 11.6 Å². The normalized spacial score (nSPS) is 14.8. The van der Waals surface area contributed by atoms with Crippen LogP contribution in [-0.2, 0) is 13.0 Å². The maximum atomic E-state index is 5.95. The molecule has 0 aromatic carbocycles. The van der Waals surface area contributed by atoms with E-state index in [9.17, 15) is 0 Å². The van der Waals surface area contributed by atoms with Gasteiger partial charge in [-0.15, -0.1) is 0 Å². The molecule has 0 saturated heterocycles. The summed E-state index contributed by atoms with van der Waals surface area (Å²) in [6, 6.07) is 5.76. The highest BCUT2D eigenvalue weighted by Gasteiger charge is 2.13. The lowest BCUT2D eigenvalue weighted by Gasteiger charge is -2.11. The quantitative estimate of drug-likeness (QED) is 0.758. The van der Waals surface area contributed by atoms with Crippen LogP contribution in [0.4, 0.5) is 0 Å². The molecule has 3 rings (SSSR count). The highest BCUT2D eigenvalue weighted by Crippen LogP contribution is 2.23. The molecule has 3 heterocycles. The first-order valence-corrected chi connectivity index (χ1v) is 5.89. The highest BCUT2D eigenvalue weighted by molar-refractivity contribution is 6.30. The van der Waals surface area contributed by atoms with Crippen molar-refractivity contribution in [1.29, 1.82) is 0 Å². The predicted octanol–water partition coefficient (Wildman–Crippen LogP) is 2.93. The smallest absolute Gasteiger partial charge is 0.111 e. The van der Waals surface area contributed by atoms with Crippen LogP contribution in [0.1, 0.15) is 18.5 Å². The topological polar surface area (TPSA) is 30.7 Å². The van der Waals surface area contributed by atoms with Gasteiger partial charge >= 0.3 is 0 Å². The Morgan fingerprint density at radius 1 is 1.19 bits per heavy atom. The van der Waals surface area contributed by atoms with Crippen molar-refractivity contribution in [2.75, 3.05) is 0 Å². The molecule has 0 radical (unpaired) electrons. The maximum Gasteiger partial charge on any atom is 0.111 e. The molecule has 16 heavy (non-hydrogen) atoms. The summed E-state index contributed by atoms with van der Waals surface area (Å²) in [5.41, 5.74) is 3.09. The molecule has 0 spiro atoms. The molecule has 2 aromatic heterocycles. The second kappa shape index (κ2) is 3.91. The van der Waals surface area contributed by atoms with Gasteiger partial charge in [-0.1, -0.05) is 11.6 Å². The fourth-order valence-corrected chi connectivity index (χ4v) is 2.25. The van der Waals surface area contributed by atoms with E-state index in [2.05, 4.69) is 20.8 Å². The minimum absolute atomic E-state index is 0.705. The van der Waals surface area contributed by atoms with Gasteiger partial charge in [-0.25, -0.2) is 0 Å². The van der Waals surface area contributed by atoms with E-state index in [1.165, 1.54) is 18.5 Å². The molecule has 0 fully saturated rings. The van der Waals surface area contributed by atoms with Gasteiger partial charge in [0.15, 0.2) is 0 Å². The number of fused-ring (bicyclic) bond motifs is 1. The maximum absolute atomic E-state index is 5.95.